The second kappa shape index (κ2) is 12.7. The van der Waals surface area contributed by atoms with E-state index in [1.807, 2.05) is 0 Å². The molecule has 178 valence electrons. The molecule has 0 aromatic heterocycles. The van der Waals surface area contributed by atoms with Crippen molar-refractivity contribution in [3.63, 3.8) is 0 Å². The normalized spacial score (nSPS) is 18.2. The third-order valence-corrected chi connectivity index (χ3v) is 6.75. The van der Waals surface area contributed by atoms with Crippen LogP contribution in [-0.4, -0.2) is 25.7 Å². The minimum Gasteiger partial charge on any atom is -0.462 e. The van der Waals surface area contributed by atoms with Gasteiger partial charge in [0.05, 0.1) is 6.61 Å². The first-order chi connectivity index (χ1) is 16.0. The molecule has 0 amide bonds. The third-order valence-electron chi connectivity index (χ3n) is 6.75. The molecule has 0 aliphatic heterocycles. The Hall–Kier alpha value is -2.43. The molecule has 1 saturated carbocycles. The minimum absolute atomic E-state index is 0.318. The van der Waals surface area contributed by atoms with E-state index in [1.54, 1.807) is 6.92 Å². The lowest BCUT2D eigenvalue weighted by atomic mass is 9.79. The van der Waals surface area contributed by atoms with Gasteiger partial charge in [-0.15, -0.1) is 0 Å². The molecule has 0 unspecified atom stereocenters. The second-order valence-corrected chi connectivity index (χ2v) is 9.55. The van der Waals surface area contributed by atoms with Gasteiger partial charge in [-0.05, 0) is 72.3 Å². The van der Waals surface area contributed by atoms with Crippen LogP contribution in [0, 0.1) is 5.92 Å². The van der Waals surface area contributed by atoms with Crippen molar-refractivity contribution in [1.29, 1.82) is 0 Å². The number of nitrogens with two attached hydrogens (primary N) is 1. The molecule has 4 heteroatoms. The summed E-state index contributed by atoms with van der Waals surface area (Å²) in [6.07, 6.45) is 6.95. The Balaban J connectivity index is 1.69. The maximum absolute atomic E-state index is 11.6. The quantitative estimate of drug-likeness (QED) is 0.261. The molecule has 33 heavy (non-hydrogen) atoms. The molecule has 0 saturated heterocycles. The van der Waals surface area contributed by atoms with Crippen molar-refractivity contribution < 1.29 is 9.53 Å². The van der Waals surface area contributed by atoms with Crippen molar-refractivity contribution in [3.8, 4) is 11.1 Å². The highest BCUT2D eigenvalue weighted by Crippen LogP contribution is 2.36. The van der Waals surface area contributed by atoms with Crippen molar-refractivity contribution in [1.82, 2.24) is 5.32 Å². The molecular weight excluding hydrogens is 408 g/mol. The molecule has 1 aliphatic rings. The summed E-state index contributed by atoms with van der Waals surface area (Å²) < 4.78 is 5.29. The number of rotatable bonds is 11. The van der Waals surface area contributed by atoms with Gasteiger partial charge in [-0.2, -0.15) is 0 Å². The molecule has 2 aromatic carbocycles. The smallest absolute Gasteiger partial charge is 0.333 e. The topological polar surface area (TPSA) is 64.3 Å². The molecular formula is C29H40N2O2. The molecule has 3 rings (SSSR count). The number of carbonyl (C=O) groups is 1. The highest BCUT2D eigenvalue weighted by atomic mass is 16.5. The van der Waals surface area contributed by atoms with Gasteiger partial charge in [0.25, 0.3) is 0 Å². The summed E-state index contributed by atoms with van der Waals surface area (Å²) in [6.45, 7) is 10.3. The van der Waals surface area contributed by atoms with E-state index in [4.69, 9.17) is 10.5 Å². The second-order valence-electron chi connectivity index (χ2n) is 9.55. The Bertz CT molecular complexity index is 912. The van der Waals surface area contributed by atoms with E-state index in [2.05, 4.69) is 61.3 Å². The molecule has 0 radical (unpaired) electrons. The van der Waals surface area contributed by atoms with Gasteiger partial charge >= 0.3 is 5.97 Å². The number of aryl methyl sites for hydroxylation is 1. The number of hydrogen-bond acceptors (Lipinski definition) is 4. The molecule has 4 nitrogen and oxygen atoms in total. The monoisotopic (exact) mass is 448 g/mol. The van der Waals surface area contributed by atoms with Crippen molar-refractivity contribution >= 4 is 5.97 Å². The van der Waals surface area contributed by atoms with E-state index in [-0.39, 0.29) is 5.97 Å². The Labute approximate surface area is 199 Å². The Kier molecular flexibility index (Phi) is 9.71. The van der Waals surface area contributed by atoms with Crippen molar-refractivity contribution in [2.24, 2.45) is 11.7 Å². The van der Waals surface area contributed by atoms with Crippen LogP contribution in [0.3, 0.4) is 0 Å². The summed E-state index contributed by atoms with van der Waals surface area (Å²) in [7, 11) is 0. The standard InChI is InChI=1S/C29H40N2O2/c1-21(2)29(32)33-18-4-5-26-19-27(14-15-28(26)20-31-17-16-30)25-12-10-24(11-13-25)23-8-6-22(3)7-9-23/h10-15,19,22-23,31H,1,4-9,16-18,20,30H2,2-3H3. The van der Waals surface area contributed by atoms with Gasteiger partial charge in [-0.25, -0.2) is 4.79 Å². The van der Waals surface area contributed by atoms with Gasteiger partial charge in [0, 0.05) is 25.2 Å². The fourth-order valence-electron chi connectivity index (χ4n) is 4.63. The lowest BCUT2D eigenvalue weighted by molar-refractivity contribution is -0.139. The summed E-state index contributed by atoms with van der Waals surface area (Å²) in [4.78, 5) is 11.6. The zero-order chi connectivity index (χ0) is 23.6. The fraction of sp³-hybridized carbons (Fsp3) is 0.483. The maximum atomic E-state index is 11.6. The van der Waals surface area contributed by atoms with Gasteiger partial charge in [-0.1, -0.05) is 68.8 Å². The van der Waals surface area contributed by atoms with E-state index >= 15 is 0 Å². The number of carbonyl (C=O) groups excluding carboxylic acids is 1. The highest BCUT2D eigenvalue weighted by molar-refractivity contribution is 5.86. The molecule has 0 atom stereocenters. The molecule has 3 N–H and O–H groups in total. The Morgan fingerprint density at radius 3 is 2.42 bits per heavy atom. The van der Waals surface area contributed by atoms with Crippen LogP contribution in [0.4, 0.5) is 0 Å². The van der Waals surface area contributed by atoms with E-state index in [0.29, 0.717) is 24.6 Å². The first-order valence-electron chi connectivity index (χ1n) is 12.4. The largest absolute Gasteiger partial charge is 0.462 e. The zero-order valence-electron chi connectivity index (χ0n) is 20.4. The van der Waals surface area contributed by atoms with Crippen LogP contribution in [0.2, 0.25) is 0 Å². The Morgan fingerprint density at radius 1 is 1.06 bits per heavy atom. The summed E-state index contributed by atoms with van der Waals surface area (Å²) >= 11 is 0. The van der Waals surface area contributed by atoms with Gasteiger partial charge in [-0.3, -0.25) is 0 Å². The van der Waals surface area contributed by atoms with Gasteiger partial charge in [0.1, 0.15) is 0 Å². The first kappa shape index (κ1) is 25.2. The number of esters is 1. The van der Waals surface area contributed by atoms with Crippen LogP contribution >= 0.6 is 0 Å². The van der Waals surface area contributed by atoms with E-state index < -0.39 is 0 Å². The van der Waals surface area contributed by atoms with Gasteiger partial charge in [0.15, 0.2) is 0 Å². The first-order valence-corrected chi connectivity index (χ1v) is 12.4. The lowest BCUT2D eigenvalue weighted by Crippen LogP contribution is -2.22. The highest BCUT2D eigenvalue weighted by Gasteiger charge is 2.19. The van der Waals surface area contributed by atoms with Crippen LogP contribution in [0.1, 0.15) is 68.6 Å². The average Bonchev–Trinajstić information content (AvgIpc) is 2.83. The number of ether oxygens (including phenoxy) is 1. The predicted molar refractivity (Wildman–Crippen MR) is 137 cm³/mol. The number of benzene rings is 2. The third kappa shape index (κ3) is 7.55. The van der Waals surface area contributed by atoms with Crippen LogP contribution in [-0.2, 0) is 22.5 Å². The van der Waals surface area contributed by atoms with Crippen molar-refractivity contribution in [2.45, 2.75) is 64.8 Å². The van der Waals surface area contributed by atoms with Crippen molar-refractivity contribution in [3.05, 3.63) is 71.3 Å². The van der Waals surface area contributed by atoms with E-state index in [9.17, 15) is 4.79 Å². The van der Waals surface area contributed by atoms with Gasteiger partial charge < -0.3 is 15.8 Å². The fourth-order valence-corrected chi connectivity index (χ4v) is 4.63. The van der Waals surface area contributed by atoms with E-state index in [0.717, 1.165) is 31.8 Å². The number of nitrogens with one attached hydrogen (secondary N) is 1. The van der Waals surface area contributed by atoms with Crippen LogP contribution < -0.4 is 11.1 Å². The molecule has 0 bridgehead atoms. The minimum atomic E-state index is -0.318. The number of hydrogen-bond donors (Lipinski definition) is 2. The summed E-state index contributed by atoms with van der Waals surface area (Å²) in [5, 5.41) is 3.40. The van der Waals surface area contributed by atoms with Crippen LogP contribution in [0.15, 0.2) is 54.6 Å². The summed E-state index contributed by atoms with van der Waals surface area (Å²) in [5.74, 6) is 1.27. The van der Waals surface area contributed by atoms with Gasteiger partial charge in [0.2, 0.25) is 0 Å². The molecule has 2 aromatic rings. The SMILES string of the molecule is C=C(C)C(=O)OCCCc1cc(-c2ccc(C3CCC(C)CC3)cc2)ccc1CNCCN. The molecule has 1 aliphatic carbocycles. The molecule has 1 fully saturated rings. The Morgan fingerprint density at radius 2 is 1.76 bits per heavy atom. The summed E-state index contributed by atoms with van der Waals surface area (Å²) in [5.41, 5.74) is 12.6. The summed E-state index contributed by atoms with van der Waals surface area (Å²) in [6, 6.07) is 15.9. The van der Waals surface area contributed by atoms with Crippen molar-refractivity contribution in [2.75, 3.05) is 19.7 Å². The predicted octanol–water partition coefficient (Wildman–Crippen LogP) is 5.75. The van der Waals surface area contributed by atoms with E-state index in [1.165, 1.54) is 53.5 Å². The average molecular weight is 449 g/mol. The maximum Gasteiger partial charge on any atom is 0.333 e. The van der Waals surface area contributed by atoms with Crippen LogP contribution in [0.5, 0.6) is 0 Å². The molecule has 0 spiro atoms. The van der Waals surface area contributed by atoms with Crippen LogP contribution in [0.25, 0.3) is 11.1 Å². The lowest BCUT2D eigenvalue weighted by Gasteiger charge is -2.26. The molecule has 0 heterocycles. The zero-order valence-corrected chi connectivity index (χ0v) is 20.4.